The van der Waals surface area contributed by atoms with Crippen LogP contribution in [0.5, 0.6) is 11.5 Å². The Labute approximate surface area is 150 Å². The Morgan fingerprint density at radius 2 is 1.84 bits per heavy atom. The summed E-state index contributed by atoms with van der Waals surface area (Å²) in [6.07, 6.45) is 1.81. The molecule has 0 amide bonds. The molecule has 0 aromatic heterocycles. The molecule has 0 aliphatic carbocycles. The van der Waals surface area contributed by atoms with E-state index in [1.54, 1.807) is 0 Å². The van der Waals surface area contributed by atoms with Crippen LogP contribution in [0.15, 0.2) is 42.5 Å². The highest BCUT2D eigenvalue weighted by Gasteiger charge is 2.08. The fraction of sp³-hybridized carbons (Fsp3) is 0.429. The smallest absolute Gasteiger partial charge is 0.161 e. The van der Waals surface area contributed by atoms with Gasteiger partial charge in [0.1, 0.15) is 6.61 Å². The molecule has 2 aromatic rings. The van der Waals surface area contributed by atoms with Crippen molar-refractivity contribution in [2.75, 3.05) is 19.8 Å². The fourth-order valence-electron chi connectivity index (χ4n) is 2.57. The van der Waals surface area contributed by atoms with Gasteiger partial charge in [-0.3, -0.25) is 0 Å². The third-order valence-electron chi connectivity index (χ3n) is 4.04. The highest BCUT2D eigenvalue weighted by atomic mass is 16.5. The van der Waals surface area contributed by atoms with Crippen LogP contribution in [0.2, 0.25) is 0 Å². The predicted octanol–water partition coefficient (Wildman–Crippen LogP) is 3.83. The summed E-state index contributed by atoms with van der Waals surface area (Å²) in [6, 6.07) is 14.3. The number of hydrogen-bond donors (Lipinski definition) is 2. The van der Waals surface area contributed by atoms with Crippen molar-refractivity contribution in [2.45, 2.75) is 39.8 Å². The van der Waals surface area contributed by atoms with Crippen LogP contribution in [0.1, 0.15) is 36.5 Å². The standard InChI is InChI=1S/C21H29NO3/c1-3-24-21-14-18(15-22-12-6-7-13-23)10-11-20(21)25-16-19-9-5-4-8-17(19)2/h4-5,8-11,14,22-23H,3,6-7,12-13,15-16H2,1-2H3. The molecule has 2 rings (SSSR count). The zero-order valence-corrected chi connectivity index (χ0v) is 15.3. The van der Waals surface area contributed by atoms with E-state index in [0.29, 0.717) is 13.2 Å². The Morgan fingerprint density at radius 1 is 1.00 bits per heavy atom. The van der Waals surface area contributed by atoms with Crippen molar-refractivity contribution in [1.29, 1.82) is 0 Å². The van der Waals surface area contributed by atoms with Gasteiger partial charge in [-0.05, 0) is 62.1 Å². The second-order valence-electron chi connectivity index (χ2n) is 6.04. The molecule has 4 heteroatoms. The maximum atomic E-state index is 8.80. The van der Waals surface area contributed by atoms with Crippen molar-refractivity contribution in [3.63, 3.8) is 0 Å². The lowest BCUT2D eigenvalue weighted by Gasteiger charge is -2.14. The second kappa shape index (κ2) is 10.7. The molecular formula is C21H29NO3. The Balaban J connectivity index is 1.96. The van der Waals surface area contributed by atoms with Crippen LogP contribution in [-0.2, 0) is 13.2 Å². The lowest BCUT2D eigenvalue weighted by Crippen LogP contribution is -2.15. The van der Waals surface area contributed by atoms with Gasteiger partial charge < -0.3 is 19.9 Å². The lowest BCUT2D eigenvalue weighted by atomic mass is 10.1. The molecule has 0 radical (unpaired) electrons. The van der Waals surface area contributed by atoms with E-state index in [2.05, 4.69) is 30.4 Å². The molecule has 2 aromatic carbocycles. The van der Waals surface area contributed by atoms with Crippen LogP contribution in [-0.4, -0.2) is 24.9 Å². The molecule has 0 bridgehead atoms. The molecule has 4 nitrogen and oxygen atoms in total. The van der Waals surface area contributed by atoms with Gasteiger partial charge in [-0.15, -0.1) is 0 Å². The molecule has 0 unspecified atom stereocenters. The molecule has 2 N–H and O–H groups in total. The largest absolute Gasteiger partial charge is 0.490 e. The van der Waals surface area contributed by atoms with Crippen LogP contribution in [0.3, 0.4) is 0 Å². The Bertz CT molecular complexity index is 643. The number of aliphatic hydroxyl groups is 1. The van der Waals surface area contributed by atoms with E-state index in [1.165, 1.54) is 11.1 Å². The Morgan fingerprint density at radius 3 is 2.60 bits per heavy atom. The summed E-state index contributed by atoms with van der Waals surface area (Å²) in [5.41, 5.74) is 3.57. The number of aliphatic hydroxyl groups excluding tert-OH is 1. The van der Waals surface area contributed by atoms with Crippen molar-refractivity contribution in [1.82, 2.24) is 5.32 Å². The summed E-state index contributed by atoms with van der Waals surface area (Å²) in [5, 5.41) is 12.2. The van der Waals surface area contributed by atoms with E-state index < -0.39 is 0 Å². The van der Waals surface area contributed by atoms with Gasteiger partial charge in [-0.25, -0.2) is 0 Å². The van der Waals surface area contributed by atoms with Crippen LogP contribution in [0.25, 0.3) is 0 Å². The first-order valence-corrected chi connectivity index (χ1v) is 8.99. The third-order valence-corrected chi connectivity index (χ3v) is 4.04. The molecule has 0 fully saturated rings. The van der Waals surface area contributed by atoms with E-state index in [-0.39, 0.29) is 6.61 Å². The van der Waals surface area contributed by atoms with Gasteiger partial charge in [0.2, 0.25) is 0 Å². The fourth-order valence-corrected chi connectivity index (χ4v) is 2.57. The monoisotopic (exact) mass is 343 g/mol. The van der Waals surface area contributed by atoms with Crippen molar-refractivity contribution >= 4 is 0 Å². The summed E-state index contributed by atoms with van der Waals surface area (Å²) in [7, 11) is 0. The number of rotatable bonds is 11. The van der Waals surface area contributed by atoms with Gasteiger partial charge in [0.05, 0.1) is 6.61 Å². The lowest BCUT2D eigenvalue weighted by molar-refractivity contribution is 0.268. The van der Waals surface area contributed by atoms with Crippen LogP contribution < -0.4 is 14.8 Å². The first-order valence-electron chi connectivity index (χ1n) is 8.99. The average Bonchev–Trinajstić information content (AvgIpc) is 2.62. The molecular weight excluding hydrogens is 314 g/mol. The zero-order chi connectivity index (χ0) is 17.9. The van der Waals surface area contributed by atoms with Gasteiger partial charge in [-0.2, -0.15) is 0 Å². The van der Waals surface area contributed by atoms with Crippen LogP contribution in [0, 0.1) is 6.92 Å². The van der Waals surface area contributed by atoms with Gasteiger partial charge in [0.25, 0.3) is 0 Å². The molecule has 0 atom stereocenters. The minimum Gasteiger partial charge on any atom is -0.490 e. The van der Waals surface area contributed by atoms with Gasteiger partial charge in [0, 0.05) is 13.2 Å². The number of ether oxygens (including phenoxy) is 2. The van der Waals surface area contributed by atoms with Crippen LogP contribution in [0.4, 0.5) is 0 Å². The van der Waals surface area contributed by atoms with E-state index >= 15 is 0 Å². The summed E-state index contributed by atoms with van der Waals surface area (Å²) in [5.74, 6) is 1.56. The summed E-state index contributed by atoms with van der Waals surface area (Å²) in [4.78, 5) is 0. The highest BCUT2D eigenvalue weighted by molar-refractivity contribution is 5.43. The predicted molar refractivity (Wildman–Crippen MR) is 101 cm³/mol. The third kappa shape index (κ3) is 6.40. The van der Waals surface area contributed by atoms with E-state index in [9.17, 15) is 0 Å². The van der Waals surface area contributed by atoms with Crippen molar-refractivity contribution in [3.8, 4) is 11.5 Å². The minimum absolute atomic E-state index is 0.253. The quantitative estimate of drug-likeness (QED) is 0.609. The van der Waals surface area contributed by atoms with Crippen LogP contribution >= 0.6 is 0 Å². The van der Waals surface area contributed by atoms with Crippen molar-refractivity contribution < 1.29 is 14.6 Å². The molecule has 0 saturated heterocycles. The number of nitrogens with one attached hydrogen (secondary N) is 1. The molecule has 0 saturated carbocycles. The zero-order valence-electron chi connectivity index (χ0n) is 15.3. The number of hydrogen-bond acceptors (Lipinski definition) is 4. The van der Waals surface area contributed by atoms with E-state index in [0.717, 1.165) is 43.0 Å². The Hall–Kier alpha value is -2.04. The maximum absolute atomic E-state index is 8.80. The minimum atomic E-state index is 0.253. The number of unbranched alkanes of at least 4 members (excludes halogenated alkanes) is 1. The van der Waals surface area contributed by atoms with E-state index in [1.807, 2.05) is 31.2 Å². The molecule has 25 heavy (non-hydrogen) atoms. The summed E-state index contributed by atoms with van der Waals surface area (Å²) >= 11 is 0. The first kappa shape index (κ1) is 19.3. The number of benzene rings is 2. The summed E-state index contributed by atoms with van der Waals surface area (Å²) in [6.45, 7) is 7.14. The molecule has 136 valence electrons. The number of aryl methyl sites for hydroxylation is 1. The SMILES string of the molecule is CCOc1cc(CNCCCCO)ccc1OCc1ccccc1C. The molecule has 0 aliphatic rings. The van der Waals surface area contributed by atoms with Crippen molar-refractivity contribution in [2.24, 2.45) is 0 Å². The highest BCUT2D eigenvalue weighted by Crippen LogP contribution is 2.29. The van der Waals surface area contributed by atoms with Gasteiger partial charge >= 0.3 is 0 Å². The maximum Gasteiger partial charge on any atom is 0.161 e. The molecule has 0 spiro atoms. The summed E-state index contributed by atoms with van der Waals surface area (Å²) < 4.78 is 11.8. The molecule has 0 heterocycles. The topological polar surface area (TPSA) is 50.7 Å². The molecule has 0 aliphatic heterocycles. The average molecular weight is 343 g/mol. The first-order chi connectivity index (χ1) is 12.2. The van der Waals surface area contributed by atoms with E-state index in [4.69, 9.17) is 14.6 Å². The normalized spacial score (nSPS) is 10.7. The second-order valence-corrected chi connectivity index (χ2v) is 6.04. The Kier molecular flexibility index (Phi) is 8.29. The van der Waals surface area contributed by atoms with Gasteiger partial charge in [-0.1, -0.05) is 30.3 Å². The van der Waals surface area contributed by atoms with Crippen molar-refractivity contribution in [3.05, 3.63) is 59.2 Å². The van der Waals surface area contributed by atoms with Gasteiger partial charge in [0.15, 0.2) is 11.5 Å².